The largest absolute Gasteiger partial charge is 0.421 e. The molecule has 0 aliphatic heterocycles. The Kier molecular flexibility index (Phi) is 3.77. The van der Waals surface area contributed by atoms with E-state index in [1.807, 2.05) is 0 Å². The van der Waals surface area contributed by atoms with Gasteiger partial charge in [-0.3, -0.25) is 0 Å². The normalized spacial score (nSPS) is 15.9. The van der Waals surface area contributed by atoms with Crippen LogP contribution in [0.25, 0.3) is 0 Å². The van der Waals surface area contributed by atoms with Gasteiger partial charge < -0.3 is 5.11 Å². The lowest BCUT2D eigenvalue weighted by molar-refractivity contribution is -0.267. The Bertz CT molecular complexity index is 392. The second-order valence-corrected chi connectivity index (χ2v) is 4.18. The first-order valence-corrected chi connectivity index (χ1v) is 5.22. The van der Waals surface area contributed by atoms with Crippen LogP contribution in [-0.4, -0.2) is 11.3 Å². The highest BCUT2D eigenvalue weighted by molar-refractivity contribution is 6.35. The van der Waals surface area contributed by atoms with Gasteiger partial charge in [0.15, 0.2) is 5.60 Å². The first-order chi connectivity index (χ1) is 7.22. The van der Waals surface area contributed by atoms with Crippen LogP contribution in [0.15, 0.2) is 18.2 Å². The molecule has 16 heavy (non-hydrogen) atoms. The van der Waals surface area contributed by atoms with Crippen LogP contribution in [0.3, 0.4) is 0 Å². The summed E-state index contributed by atoms with van der Waals surface area (Å²) in [5.74, 6) is 0. The fourth-order valence-corrected chi connectivity index (χ4v) is 1.93. The van der Waals surface area contributed by atoms with Crippen molar-refractivity contribution < 1.29 is 18.3 Å². The van der Waals surface area contributed by atoms with Gasteiger partial charge in [0.25, 0.3) is 0 Å². The first kappa shape index (κ1) is 13.6. The molecule has 0 amide bonds. The highest BCUT2D eigenvalue weighted by atomic mass is 35.5. The minimum atomic E-state index is -4.78. The fourth-order valence-electron chi connectivity index (χ4n) is 1.37. The molecule has 1 nitrogen and oxygen atoms in total. The lowest BCUT2D eigenvalue weighted by atomic mass is 9.90. The van der Waals surface area contributed by atoms with Crippen molar-refractivity contribution in [1.29, 1.82) is 0 Å². The van der Waals surface area contributed by atoms with Crippen molar-refractivity contribution in [2.75, 3.05) is 0 Å². The Labute approximate surface area is 101 Å². The van der Waals surface area contributed by atoms with Crippen LogP contribution in [0.5, 0.6) is 0 Å². The smallest absolute Gasteiger partial charge is 0.376 e. The van der Waals surface area contributed by atoms with Gasteiger partial charge in [0.2, 0.25) is 0 Å². The van der Waals surface area contributed by atoms with E-state index in [-0.39, 0.29) is 15.6 Å². The molecule has 0 fully saturated rings. The van der Waals surface area contributed by atoms with Gasteiger partial charge in [0.05, 0.1) is 0 Å². The van der Waals surface area contributed by atoms with Crippen LogP contribution in [0.4, 0.5) is 13.2 Å². The van der Waals surface area contributed by atoms with Crippen LogP contribution >= 0.6 is 23.2 Å². The molecule has 0 bridgehead atoms. The van der Waals surface area contributed by atoms with Crippen LogP contribution < -0.4 is 0 Å². The summed E-state index contributed by atoms with van der Waals surface area (Å²) >= 11 is 11.2. The molecule has 0 aromatic heterocycles. The quantitative estimate of drug-likeness (QED) is 0.858. The van der Waals surface area contributed by atoms with Crippen molar-refractivity contribution in [2.45, 2.75) is 25.1 Å². The molecule has 1 aromatic rings. The Morgan fingerprint density at radius 2 is 1.81 bits per heavy atom. The van der Waals surface area contributed by atoms with Crippen LogP contribution in [0.1, 0.15) is 18.9 Å². The number of hydrogen-bond acceptors (Lipinski definition) is 1. The van der Waals surface area contributed by atoms with E-state index in [1.165, 1.54) is 19.1 Å². The third-order valence-corrected chi connectivity index (χ3v) is 2.91. The lowest BCUT2D eigenvalue weighted by Gasteiger charge is -2.30. The number of hydrogen-bond donors (Lipinski definition) is 1. The van der Waals surface area contributed by atoms with E-state index in [2.05, 4.69) is 0 Å². The number of alkyl halides is 3. The second kappa shape index (κ2) is 4.43. The Balaban J connectivity index is 3.34. The molecule has 1 N–H and O–H groups in total. The van der Waals surface area contributed by atoms with Gasteiger partial charge in [-0.2, -0.15) is 13.2 Å². The summed E-state index contributed by atoms with van der Waals surface area (Å²) in [6.07, 6.45) is -5.29. The molecule has 1 rings (SSSR count). The number of halogens is 5. The summed E-state index contributed by atoms with van der Waals surface area (Å²) in [5.41, 5.74) is -3.32. The van der Waals surface area contributed by atoms with E-state index >= 15 is 0 Å². The zero-order valence-corrected chi connectivity index (χ0v) is 9.79. The fraction of sp³-hybridized carbons (Fsp3) is 0.400. The molecule has 1 atom stereocenters. The molecule has 0 saturated carbocycles. The van der Waals surface area contributed by atoms with E-state index in [0.29, 0.717) is 0 Å². The summed E-state index contributed by atoms with van der Waals surface area (Å²) in [6.45, 7) is 1.23. The maximum Gasteiger partial charge on any atom is 0.421 e. The summed E-state index contributed by atoms with van der Waals surface area (Å²) in [6, 6.07) is 3.52. The predicted octanol–water partition coefficient (Wildman–Crippen LogP) is 4.15. The van der Waals surface area contributed by atoms with Crippen LogP contribution in [0.2, 0.25) is 10.0 Å². The van der Waals surface area contributed by atoms with E-state index in [9.17, 15) is 18.3 Å². The molecule has 0 aliphatic carbocycles. The molecular weight excluding hydrogens is 264 g/mol. The van der Waals surface area contributed by atoms with Crippen molar-refractivity contribution in [2.24, 2.45) is 0 Å². The van der Waals surface area contributed by atoms with Gasteiger partial charge in [-0.05, 0) is 18.6 Å². The molecule has 0 heterocycles. The van der Waals surface area contributed by atoms with Gasteiger partial charge in [-0.25, -0.2) is 0 Å². The second-order valence-electron chi connectivity index (χ2n) is 3.34. The molecule has 1 aromatic carbocycles. The Hall–Kier alpha value is -0.450. The summed E-state index contributed by atoms with van der Waals surface area (Å²) in [7, 11) is 0. The minimum Gasteiger partial charge on any atom is -0.376 e. The van der Waals surface area contributed by atoms with Gasteiger partial charge in [-0.15, -0.1) is 0 Å². The van der Waals surface area contributed by atoms with E-state index in [0.717, 1.165) is 6.07 Å². The zero-order chi connectivity index (χ0) is 12.6. The number of rotatable bonds is 2. The Morgan fingerprint density at radius 3 is 2.19 bits per heavy atom. The van der Waals surface area contributed by atoms with Crippen molar-refractivity contribution in [3.63, 3.8) is 0 Å². The number of benzene rings is 1. The molecule has 0 aliphatic rings. The monoisotopic (exact) mass is 272 g/mol. The third-order valence-electron chi connectivity index (χ3n) is 2.36. The predicted molar refractivity (Wildman–Crippen MR) is 56.7 cm³/mol. The molecule has 0 saturated heterocycles. The molecule has 1 unspecified atom stereocenters. The average molecular weight is 273 g/mol. The van der Waals surface area contributed by atoms with Gasteiger partial charge in [0.1, 0.15) is 0 Å². The third kappa shape index (κ3) is 2.29. The SMILES string of the molecule is CCC(O)(c1ccc(Cl)cc1Cl)C(F)(F)F. The van der Waals surface area contributed by atoms with E-state index in [4.69, 9.17) is 23.2 Å². The van der Waals surface area contributed by atoms with E-state index in [1.54, 1.807) is 0 Å². The molecule has 6 heteroatoms. The standard InChI is InChI=1S/C10H9Cl2F3O/c1-2-9(16,10(13,14)15)7-4-3-6(11)5-8(7)12/h3-5,16H,2H2,1H3. The topological polar surface area (TPSA) is 20.2 Å². The van der Waals surface area contributed by atoms with Crippen LogP contribution in [-0.2, 0) is 5.60 Å². The van der Waals surface area contributed by atoms with Gasteiger partial charge in [-0.1, -0.05) is 36.2 Å². The molecule has 0 spiro atoms. The highest BCUT2D eigenvalue weighted by Gasteiger charge is 2.54. The number of aliphatic hydroxyl groups is 1. The molecule has 90 valence electrons. The van der Waals surface area contributed by atoms with Crippen molar-refractivity contribution >= 4 is 23.2 Å². The van der Waals surface area contributed by atoms with Gasteiger partial charge in [0, 0.05) is 15.6 Å². The van der Waals surface area contributed by atoms with Gasteiger partial charge >= 0.3 is 6.18 Å². The zero-order valence-electron chi connectivity index (χ0n) is 8.28. The Morgan fingerprint density at radius 1 is 1.25 bits per heavy atom. The van der Waals surface area contributed by atoms with Crippen LogP contribution in [0, 0.1) is 0 Å². The van der Waals surface area contributed by atoms with Crippen molar-refractivity contribution in [3.8, 4) is 0 Å². The van der Waals surface area contributed by atoms with Crippen molar-refractivity contribution in [3.05, 3.63) is 33.8 Å². The summed E-state index contributed by atoms with van der Waals surface area (Å²) in [4.78, 5) is 0. The average Bonchev–Trinajstić information content (AvgIpc) is 2.15. The summed E-state index contributed by atoms with van der Waals surface area (Å²) in [5, 5.41) is 9.66. The van der Waals surface area contributed by atoms with Crippen molar-refractivity contribution in [1.82, 2.24) is 0 Å². The maximum absolute atomic E-state index is 12.7. The summed E-state index contributed by atoms with van der Waals surface area (Å²) < 4.78 is 38.2. The van der Waals surface area contributed by atoms with E-state index < -0.39 is 18.2 Å². The molecular formula is C10H9Cl2F3O. The maximum atomic E-state index is 12.7. The molecule has 0 radical (unpaired) electrons. The lowest BCUT2D eigenvalue weighted by Crippen LogP contribution is -2.41. The minimum absolute atomic E-state index is 0.200. The first-order valence-electron chi connectivity index (χ1n) is 4.47. The highest BCUT2D eigenvalue weighted by Crippen LogP contribution is 2.44.